The minimum Gasteiger partial charge on any atom is -0.326 e. The Bertz CT molecular complexity index is 572. The van der Waals surface area contributed by atoms with Crippen LogP contribution in [-0.4, -0.2) is 5.91 Å². The highest BCUT2D eigenvalue weighted by Crippen LogP contribution is 2.29. The monoisotopic (exact) mass is 265 g/mol. The Balaban J connectivity index is 2.26. The number of benzene rings is 2. The van der Waals surface area contributed by atoms with Crippen molar-refractivity contribution in [1.82, 2.24) is 0 Å². The highest BCUT2D eigenvalue weighted by atomic mass is 16.1. The first-order valence-electron chi connectivity index (χ1n) is 6.74. The molecule has 0 radical (unpaired) electrons. The van der Waals surface area contributed by atoms with Crippen LogP contribution in [-0.2, 0) is 4.79 Å². The van der Waals surface area contributed by atoms with Gasteiger partial charge in [-0.1, -0.05) is 48.5 Å². The third-order valence-electron chi connectivity index (χ3n) is 3.24. The van der Waals surface area contributed by atoms with Crippen LogP contribution in [0, 0.1) is 0 Å². The molecule has 0 saturated heterocycles. The number of rotatable bonds is 5. The van der Waals surface area contributed by atoms with Crippen molar-refractivity contribution in [3.63, 3.8) is 0 Å². The third kappa shape index (κ3) is 3.58. The zero-order valence-electron chi connectivity index (χ0n) is 11.7. The summed E-state index contributed by atoms with van der Waals surface area (Å²) in [5, 5.41) is 2.78. The van der Waals surface area contributed by atoms with Crippen molar-refractivity contribution in [2.45, 2.75) is 19.3 Å². The molecule has 0 aromatic heterocycles. The molecule has 0 spiro atoms. The molecule has 2 rings (SSSR count). The molecule has 0 fully saturated rings. The predicted octanol–water partition coefficient (Wildman–Crippen LogP) is 4.35. The number of nitrogens with one attached hydrogen (secondary N) is 1. The van der Waals surface area contributed by atoms with Crippen LogP contribution in [0.3, 0.4) is 0 Å². The SMILES string of the molecule is C=CCC(c1ccccc1)c1ccc(NC(C)=O)cc1. The van der Waals surface area contributed by atoms with Crippen LogP contribution >= 0.6 is 0 Å². The molecular weight excluding hydrogens is 246 g/mol. The van der Waals surface area contributed by atoms with Crippen LogP contribution in [0.5, 0.6) is 0 Å². The third-order valence-corrected chi connectivity index (χ3v) is 3.24. The average molecular weight is 265 g/mol. The summed E-state index contributed by atoms with van der Waals surface area (Å²) in [6, 6.07) is 18.4. The summed E-state index contributed by atoms with van der Waals surface area (Å²) < 4.78 is 0. The van der Waals surface area contributed by atoms with E-state index in [1.54, 1.807) is 0 Å². The Hall–Kier alpha value is -2.35. The average Bonchev–Trinajstić information content (AvgIpc) is 2.46. The largest absolute Gasteiger partial charge is 0.326 e. The summed E-state index contributed by atoms with van der Waals surface area (Å²) in [6.45, 7) is 5.36. The van der Waals surface area contributed by atoms with Crippen LogP contribution < -0.4 is 5.32 Å². The lowest BCUT2D eigenvalue weighted by atomic mass is 9.88. The van der Waals surface area contributed by atoms with E-state index in [-0.39, 0.29) is 5.91 Å². The minimum atomic E-state index is -0.0524. The van der Waals surface area contributed by atoms with Gasteiger partial charge in [-0.15, -0.1) is 6.58 Å². The molecule has 102 valence electrons. The standard InChI is InChI=1S/C18H19NO/c1-3-7-18(15-8-5-4-6-9-15)16-10-12-17(13-11-16)19-14(2)20/h3-6,8-13,18H,1,7H2,2H3,(H,19,20). The lowest BCUT2D eigenvalue weighted by Crippen LogP contribution is -2.06. The Morgan fingerprint density at radius 2 is 1.70 bits per heavy atom. The zero-order chi connectivity index (χ0) is 14.4. The van der Waals surface area contributed by atoms with Crippen molar-refractivity contribution >= 4 is 11.6 Å². The highest BCUT2D eigenvalue weighted by Gasteiger charge is 2.12. The molecule has 1 unspecified atom stereocenters. The van der Waals surface area contributed by atoms with Crippen LogP contribution in [0.25, 0.3) is 0 Å². The molecule has 0 aliphatic rings. The van der Waals surface area contributed by atoms with Crippen molar-refractivity contribution in [2.24, 2.45) is 0 Å². The van der Waals surface area contributed by atoms with E-state index in [0.29, 0.717) is 5.92 Å². The van der Waals surface area contributed by atoms with Gasteiger partial charge in [0.05, 0.1) is 0 Å². The summed E-state index contributed by atoms with van der Waals surface area (Å²) in [6.07, 6.45) is 2.84. The second-order valence-electron chi connectivity index (χ2n) is 4.79. The molecule has 2 aromatic carbocycles. The van der Waals surface area contributed by atoms with Crippen molar-refractivity contribution in [3.05, 3.63) is 78.4 Å². The topological polar surface area (TPSA) is 29.1 Å². The van der Waals surface area contributed by atoms with Gasteiger partial charge in [0.25, 0.3) is 0 Å². The van der Waals surface area contributed by atoms with Gasteiger partial charge in [-0.2, -0.15) is 0 Å². The number of carbonyl (C=O) groups excluding carboxylic acids is 1. The lowest BCUT2D eigenvalue weighted by molar-refractivity contribution is -0.114. The normalized spacial score (nSPS) is 11.7. The van der Waals surface area contributed by atoms with Crippen LogP contribution in [0.4, 0.5) is 5.69 Å². The Morgan fingerprint density at radius 1 is 1.10 bits per heavy atom. The molecule has 0 saturated carbocycles. The van der Waals surface area contributed by atoms with Gasteiger partial charge in [0, 0.05) is 18.5 Å². The molecule has 2 nitrogen and oxygen atoms in total. The van der Waals surface area contributed by atoms with E-state index < -0.39 is 0 Å². The van der Waals surface area contributed by atoms with Gasteiger partial charge in [-0.3, -0.25) is 4.79 Å². The molecule has 1 amide bonds. The maximum absolute atomic E-state index is 11.0. The van der Waals surface area contributed by atoms with E-state index in [4.69, 9.17) is 0 Å². The molecule has 20 heavy (non-hydrogen) atoms. The fourth-order valence-electron chi connectivity index (χ4n) is 2.32. The van der Waals surface area contributed by atoms with Crippen LogP contribution in [0.15, 0.2) is 67.3 Å². The second-order valence-corrected chi connectivity index (χ2v) is 4.79. The van der Waals surface area contributed by atoms with Gasteiger partial charge in [0.1, 0.15) is 0 Å². The molecule has 2 heteroatoms. The number of carbonyl (C=O) groups is 1. The number of amides is 1. The fraction of sp³-hybridized carbons (Fsp3) is 0.167. The van der Waals surface area contributed by atoms with E-state index in [2.05, 4.69) is 48.3 Å². The highest BCUT2D eigenvalue weighted by molar-refractivity contribution is 5.88. The van der Waals surface area contributed by atoms with E-state index in [9.17, 15) is 4.79 Å². The number of hydrogen-bond acceptors (Lipinski definition) is 1. The number of anilines is 1. The van der Waals surface area contributed by atoms with Gasteiger partial charge < -0.3 is 5.32 Å². The molecule has 1 atom stereocenters. The van der Waals surface area contributed by atoms with Gasteiger partial charge >= 0.3 is 0 Å². The van der Waals surface area contributed by atoms with E-state index in [1.165, 1.54) is 18.1 Å². The number of allylic oxidation sites excluding steroid dienone is 1. The second kappa shape index (κ2) is 6.71. The fourth-order valence-corrected chi connectivity index (χ4v) is 2.32. The maximum atomic E-state index is 11.0. The Labute approximate surface area is 120 Å². The first kappa shape index (κ1) is 14.1. The van der Waals surface area contributed by atoms with Gasteiger partial charge in [-0.05, 0) is 29.7 Å². The molecule has 0 aliphatic carbocycles. The Morgan fingerprint density at radius 3 is 2.25 bits per heavy atom. The van der Waals surface area contributed by atoms with Crippen LogP contribution in [0.2, 0.25) is 0 Å². The van der Waals surface area contributed by atoms with E-state index in [1.807, 2.05) is 24.3 Å². The smallest absolute Gasteiger partial charge is 0.221 e. The van der Waals surface area contributed by atoms with Crippen molar-refractivity contribution < 1.29 is 4.79 Å². The summed E-state index contributed by atoms with van der Waals surface area (Å²) >= 11 is 0. The molecule has 0 aliphatic heterocycles. The molecule has 2 aromatic rings. The van der Waals surface area contributed by atoms with E-state index in [0.717, 1.165) is 12.1 Å². The molecule has 0 bridgehead atoms. The zero-order valence-corrected chi connectivity index (χ0v) is 11.7. The number of hydrogen-bond donors (Lipinski definition) is 1. The predicted molar refractivity (Wildman–Crippen MR) is 83.8 cm³/mol. The summed E-state index contributed by atoms with van der Waals surface area (Å²) in [5.74, 6) is 0.253. The quantitative estimate of drug-likeness (QED) is 0.800. The molecular formula is C18H19NO. The van der Waals surface area contributed by atoms with Gasteiger partial charge in [-0.25, -0.2) is 0 Å². The minimum absolute atomic E-state index is 0.0524. The first-order chi connectivity index (χ1) is 9.70. The summed E-state index contributed by atoms with van der Waals surface area (Å²) in [5.41, 5.74) is 3.33. The van der Waals surface area contributed by atoms with Gasteiger partial charge in [0.15, 0.2) is 0 Å². The summed E-state index contributed by atoms with van der Waals surface area (Å²) in [4.78, 5) is 11.0. The molecule has 0 heterocycles. The van der Waals surface area contributed by atoms with E-state index >= 15 is 0 Å². The lowest BCUT2D eigenvalue weighted by Gasteiger charge is -2.16. The molecule has 1 N–H and O–H groups in total. The van der Waals surface area contributed by atoms with Gasteiger partial charge in [0.2, 0.25) is 5.91 Å². The first-order valence-corrected chi connectivity index (χ1v) is 6.74. The summed E-state index contributed by atoms with van der Waals surface area (Å²) in [7, 11) is 0. The van der Waals surface area contributed by atoms with Crippen LogP contribution in [0.1, 0.15) is 30.4 Å². The Kier molecular flexibility index (Phi) is 4.72. The maximum Gasteiger partial charge on any atom is 0.221 e. The van der Waals surface area contributed by atoms with Crippen molar-refractivity contribution in [2.75, 3.05) is 5.32 Å². The van der Waals surface area contributed by atoms with Crippen molar-refractivity contribution in [3.8, 4) is 0 Å². The van der Waals surface area contributed by atoms with Crippen molar-refractivity contribution in [1.29, 1.82) is 0 Å².